The van der Waals surface area contributed by atoms with Crippen LogP contribution in [-0.4, -0.2) is 21.8 Å². The largest absolute Gasteiger partial charge is 0.325 e. The van der Waals surface area contributed by atoms with Gasteiger partial charge in [-0.1, -0.05) is 12.1 Å². The second kappa shape index (κ2) is 5.73. The molecule has 0 spiro atoms. The van der Waals surface area contributed by atoms with Gasteiger partial charge in [-0.2, -0.15) is 5.26 Å². The summed E-state index contributed by atoms with van der Waals surface area (Å²) in [6.45, 7) is 5.66. The van der Waals surface area contributed by atoms with E-state index in [0.717, 1.165) is 15.6 Å². The lowest BCUT2D eigenvalue weighted by Crippen LogP contribution is -2.40. The van der Waals surface area contributed by atoms with Gasteiger partial charge < -0.3 is 5.32 Å². The van der Waals surface area contributed by atoms with E-state index in [-0.39, 0.29) is 12.5 Å². The number of hydrogen-bond donors (Lipinski definition) is 1. The van der Waals surface area contributed by atoms with Crippen molar-refractivity contribution in [3.63, 3.8) is 0 Å². The lowest BCUT2D eigenvalue weighted by atomic mass is 9.91. The first kappa shape index (κ1) is 16.1. The molecular formula is C17H16N4O2S. The van der Waals surface area contributed by atoms with E-state index in [1.165, 1.54) is 16.2 Å². The topological polar surface area (TPSA) is 86.1 Å². The first-order chi connectivity index (χ1) is 11.3. The van der Waals surface area contributed by atoms with Gasteiger partial charge in [-0.15, -0.1) is 11.3 Å². The van der Waals surface area contributed by atoms with Crippen LogP contribution in [0.4, 0.5) is 4.79 Å². The minimum absolute atomic E-state index is 0.150. The molecule has 2 aromatic rings. The Kier molecular flexibility index (Phi) is 3.85. The van der Waals surface area contributed by atoms with Crippen LogP contribution in [0.3, 0.4) is 0 Å². The first-order valence-corrected chi connectivity index (χ1v) is 8.24. The van der Waals surface area contributed by atoms with Crippen molar-refractivity contribution in [2.24, 2.45) is 0 Å². The minimum atomic E-state index is -1.18. The van der Waals surface area contributed by atoms with Crippen molar-refractivity contribution in [3.05, 3.63) is 51.0 Å². The second-order valence-corrected chi connectivity index (χ2v) is 7.18. The van der Waals surface area contributed by atoms with Gasteiger partial charge in [0.25, 0.3) is 5.91 Å². The van der Waals surface area contributed by atoms with Crippen molar-refractivity contribution in [1.82, 2.24) is 15.2 Å². The van der Waals surface area contributed by atoms with Crippen LogP contribution >= 0.6 is 11.3 Å². The first-order valence-electron chi connectivity index (χ1n) is 7.43. The summed E-state index contributed by atoms with van der Waals surface area (Å²) in [5, 5.41) is 12.5. The lowest BCUT2D eigenvalue weighted by molar-refractivity contribution is -0.131. The molecule has 1 aromatic carbocycles. The zero-order valence-corrected chi connectivity index (χ0v) is 14.4. The molecule has 0 aliphatic carbocycles. The van der Waals surface area contributed by atoms with Crippen LogP contribution in [0.15, 0.2) is 24.3 Å². The molecule has 1 N–H and O–H groups in total. The predicted octanol–water partition coefficient (Wildman–Crippen LogP) is 2.60. The number of aryl methyl sites for hydroxylation is 2. The molecule has 1 aliphatic heterocycles. The maximum absolute atomic E-state index is 12.9. The minimum Gasteiger partial charge on any atom is -0.319 e. The van der Waals surface area contributed by atoms with Crippen LogP contribution in [0.25, 0.3) is 0 Å². The maximum atomic E-state index is 12.9. The third kappa shape index (κ3) is 2.55. The average molecular weight is 340 g/mol. The van der Waals surface area contributed by atoms with Crippen LogP contribution in [0.2, 0.25) is 0 Å². The molecule has 0 saturated carbocycles. The number of nitriles is 1. The number of nitrogens with one attached hydrogen (secondary N) is 1. The fourth-order valence-electron chi connectivity index (χ4n) is 2.68. The van der Waals surface area contributed by atoms with Crippen LogP contribution in [0, 0.1) is 25.2 Å². The highest BCUT2D eigenvalue weighted by molar-refractivity contribution is 7.11. The Morgan fingerprint density at radius 3 is 2.75 bits per heavy atom. The summed E-state index contributed by atoms with van der Waals surface area (Å²) in [5.74, 6) is -0.340. The van der Waals surface area contributed by atoms with E-state index < -0.39 is 11.6 Å². The smallest absolute Gasteiger partial charge is 0.319 e. The summed E-state index contributed by atoms with van der Waals surface area (Å²) in [7, 11) is 0. The zero-order valence-electron chi connectivity index (χ0n) is 13.6. The molecule has 3 rings (SSSR count). The van der Waals surface area contributed by atoms with Crippen LogP contribution in [0.1, 0.15) is 33.6 Å². The average Bonchev–Trinajstić information content (AvgIpc) is 2.99. The molecule has 0 radical (unpaired) electrons. The summed E-state index contributed by atoms with van der Waals surface area (Å²) in [6, 6.07) is 8.32. The molecule has 1 saturated heterocycles. The van der Waals surface area contributed by atoms with E-state index in [1.807, 2.05) is 19.9 Å². The number of imide groups is 1. The lowest BCUT2D eigenvalue weighted by Gasteiger charge is -2.22. The fourth-order valence-corrected chi connectivity index (χ4v) is 3.60. The standard InChI is InChI=1S/C17H16N4O2S/c1-10-11(2)24-14(19-10)9-21-15(22)17(3,20-16(21)23)13-6-4-5-12(7-13)8-18/h4-7H,9H2,1-3H3,(H,20,23)/t17-/m0/s1. The highest BCUT2D eigenvalue weighted by Gasteiger charge is 2.49. The summed E-state index contributed by atoms with van der Waals surface area (Å²) < 4.78 is 0. The molecule has 1 fully saturated rings. The van der Waals surface area contributed by atoms with Crippen molar-refractivity contribution < 1.29 is 9.59 Å². The van der Waals surface area contributed by atoms with E-state index in [9.17, 15) is 9.59 Å². The molecule has 1 aliphatic rings. The van der Waals surface area contributed by atoms with Crippen molar-refractivity contribution >= 4 is 23.3 Å². The summed E-state index contributed by atoms with van der Waals surface area (Å²) in [5.41, 5.74) is 0.770. The molecule has 0 bridgehead atoms. The molecule has 6 nitrogen and oxygen atoms in total. The number of hydrogen-bond acceptors (Lipinski definition) is 5. The van der Waals surface area contributed by atoms with Crippen LogP contribution in [-0.2, 0) is 16.9 Å². The molecule has 24 heavy (non-hydrogen) atoms. The number of rotatable bonds is 3. The number of carbonyl (C=O) groups excluding carboxylic acids is 2. The van der Waals surface area contributed by atoms with Crippen molar-refractivity contribution in [1.29, 1.82) is 5.26 Å². The van der Waals surface area contributed by atoms with E-state index in [4.69, 9.17) is 5.26 Å². The highest BCUT2D eigenvalue weighted by atomic mass is 32.1. The number of benzene rings is 1. The van der Waals surface area contributed by atoms with Gasteiger partial charge in [0, 0.05) is 4.88 Å². The predicted molar refractivity (Wildman–Crippen MR) is 89.2 cm³/mol. The van der Waals surface area contributed by atoms with E-state index >= 15 is 0 Å². The number of nitrogens with zero attached hydrogens (tertiary/aromatic N) is 3. The SMILES string of the molecule is Cc1nc(CN2C(=O)N[C@@](C)(c3cccc(C#N)c3)C2=O)sc1C. The Bertz CT molecular complexity index is 863. The van der Waals surface area contributed by atoms with Crippen LogP contribution < -0.4 is 5.32 Å². The Morgan fingerprint density at radius 1 is 1.38 bits per heavy atom. The van der Waals surface area contributed by atoms with Gasteiger partial charge in [0.1, 0.15) is 10.5 Å². The molecule has 1 atom stereocenters. The Hall–Kier alpha value is -2.72. The molecule has 7 heteroatoms. The molecular weight excluding hydrogens is 324 g/mol. The Labute approximate surface area is 143 Å². The van der Waals surface area contributed by atoms with Crippen molar-refractivity contribution in [3.8, 4) is 6.07 Å². The number of aromatic nitrogens is 1. The van der Waals surface area contributed by atoms with Gasteiger partial charge >= 0.3 is 6.03 Å². The summed E-state index contributed by atoms with van der Waals surface area (Å²) in [6.07, 6.45) is 0. The maximum Gasteiger partial charge on any atom is 0.325 e. The third-order valence-corrected chi connectivity index (χ3v) is 5.27. The molecule has 3 amide bonds. The molecule has 1 aromatic heterocycles. The van der Waals surface area contributed by atoms with Crippen molar-refractivity contribution in [2.45, 2.75) is 32.9 Å². The molecule has 2 heterocycles. The van der Waals surface area contributed by atoms with Gasteiger partial charge in [-0.3, -0.25) is 9.69 Å². The normalized spacial score (nSPS) is 20.2. The monoisotopic (exact) mass is 340 g/mol. The van der Waals surface area contributed by atoms with E-state index in [2.05, 4.69) is 10.3 Å². The van der Waals surface area contributed by atoms with Crippen LogP contribution in [0.5, 0.6) is 0 Å². The molecule has 0 unspecified atom stereocenters. The number of thiazole rings is 1. The van der Waals surface area contributed by atoms with Gasteiger partial charge in [0.2, 0.25) is 0 Å². The van der Waals surface area contributed by atoms with Gasteiger partial charge in [0.05, 0.1) is 23.9 Å². The zero-order chi connectivity index (χ0) is 17.5. The summed E-state index contributed by atoms with van der Waals surface area (Å²) >= 11 is 1.48. The van der Waals surface area contributed by atoms with Gasteiger partial charge in [-0.05, 0) is 38.5 Å². The number of carbonyl (C=O) groups is 2. The highest BCUT2D eigenvalue weighted by Crippen LogP contribution is 2.31. The second-order valence-electron chi connectivity index (χ2n) is 5.89. The number of urea groups is 1. The Morgan fingerprint density at radius 2 is 2.12 bits per heavy atom. The van der Waals surface area contributed by atoms with Gasteiger partial charge in [-0.25, -0.2) is 9.78 Å². The molecule has 122 valence electrons. The van der Waals surface area contributed by atoms with Gasteiger partial charge in [0.15, 0.2) is 0 Å². The quantitative estimate of drug-likeness (QED) is 0.870. The Balaban J connectivity index is 1.91. The van der Waals surface area contributed by atoms with Crippen molar-refractivity contribution in [2.75, 3.05) is 0 Å². The third-order valence-electron chi connectivity index (χ3n) is 4.21. The number of amides is 3. The van der Waals surface area contributed by atoms with E-state index in [1.54, 1.807) is 31.2 Å². The van der Waals surface area contributed by atoms with E-state index in [0.29, 0.717) is 11.1 Å². The summed E-state index contributed by atoms with van der Waals surface area (Å²) in [4.78, 5) is 31.8. The fraction of sp³-hybridized carbons (Fsp3) is 0.294.